The highest BCUT2D eigenvalue weighted by Crippen LogP contribution is 2.35. The van der Waals surface area contributed by atoms with Crippen molar-refractivity contribution in [2.75, 3.05) is 31.2 Å². The fraction of sp³-hybridized carbons (Fsp3) is 0.381. The molecule has 31 heavy (non-hydrogen) atoms. The minimum Gasteiger partial charge on any atom is -0.482 e. The number of hydrogen-bond donors (Lipinski definition) is 0. The van der Waals surface area contributed by atoms with E-state index in [4.69, 9.17) is 9.47 Å². The molecule has 1 unspecified atom stereocenters. The number of nitrogens with zero attached hydrogens (tertiary/aromatic N) is 4. The van der Waals surface area contributed by atoms with E-state index in [1.807, 2.05) is 6.07 Å². The van der Waals surface area contributed by atoms with E-state index in [0.29, 0.717) is 25.4 Å². The van der Waals surface area contributed by atoms with Gasteiger partial charge in [-0.25, -0.2) is 0 Å². The van der Waals surface area contributed by atoms with Crippen LogP contribution in [0.4, 0.5) is 11.4 Å². The summed E-state index contributed by atoms with van der Waals surface area (Å²) >= 11 is 0. The van der Waals surface area contributed by atoms with Crippen molar-refractivity contribution in [2.24, 2.45) is 0 Å². The van der Waals surface area contributed by atoms with Crippen molar-refractivity contribution in [1.29, 1.82) is 0 Å². The minimum atomic E-state index is -0.550. The van der Waals surface area contributed by atoms with E-state index in [2.05, 4.69) is 4.98 Å². The largest absolute Gasteiger partial charge is 0.482 e. The van der Waals surface area contributed by atoms with E-state index < -0.39 is 10.8 Å². The van der Waals surface area contributed by atoms with E-state index in [-0.39, 0.29) is 36.5 Å². The Hall–Kier alpha value is -3.53. The van der Waals surface area contributed by atoms with Gasteiger partial charge in [0.25, 0.3) is 11.6 Å². The molecule has 10 nitrogen and oxygen atoms in total. The van der Waals surface area contributed by atoms with Gasteiger partial charge >= 0.3 is 0 Å². The molecular weight excluding hydrogens is 404 g/mol. The molecule has 4 rings (SSSR count). The zero-order valence-electron chi connectivity index (χ0n) is 16.8. The topological polar surface area (TPSA) is 115 Å². The Labute approximate surface area is 178 Å². The maximum atomic E-state index is 13.3. The van der Waals surface area contributed by atoms with Crippen LogP contribution in [0.25, 0.3) is 0 Å². The van der Waals surface area contributed by atoms with Gasteiger partial charge in [-0.15, -0.1) is 0 Å². The van der Waals surface area contributed by atoms with Crippen LogP contribution in [0.5, 0.6) is 5.75 Å². The normalized spacial score (nSPS) is 17.7. The second kappa shape index (κ2) is 9.09. The smallest absolute Gasteiger partial charge is 0.271 e. The minimum absolute atomic E-state index is 0.0608. The van der Waals surface area contributed by atoms with Gasteiger partial charge in [-0.1, -0.05) is 6.07 Å². The number of hydrogen-bond acceptors (Lipinski definition) is 7. The Balaban J connectivity index is 1.56. The number of fused-ring (bicyclic) bond motifs is 1. The third kappa shape index (κ3) is 4.80. The molecule has 0 aliphatic carbocycles. The van der Waals surface area contributed by atoms with Gasteiger partial charge in [-0.05, 0) is 30.5 Å². The third-order valence-corrected chi connectivity index (χ3v) is 5.29. The Kier molecular flexibility index (Phi) is 6.08. The Morgan fingerprint density at radius 2 is 2.23 bits per heavy atom. The molecule has 10 heteroatoms. The van der Waals surface area contributed by atoms with E-state index >= 15 is 0 Å². The first-order chi connectivity index (χ1) is 15.0. The molecule has 1 aromatic heterocycles. The number of ether oxygens (including phenoxy) is 2. The number of carbonyl (C=O) groups is 2. The highest BCUT2D eigenvalue weighted by atomic mass is 16.6. The second-order valence-electron chi connectivity index (χ2n) is 7.45. The van der Waals surface area contributed by atoms with Crippen LogP contribution in [0.1, 0.15) is 18.4 Å². The van der Waals surface area contributed by atoms with Crippen LogP contribution in [0.15, 0.2) is 42.7 Å². The van der Waals surface area contributed by atoms with Crippen molar-refractivity contribution >= 4 is 23.2 Å². The zero-order chi connectivity index (χ0) is 21.8. The second-order valence-corrected chi connectivity index (χ2v) is 7.45. The predicted octanol–water partition coefficient (Wildman–Crippen LogP) is 1.92. The number of benzene rings is 1. The molecular formula is C21H22N4O6. The molecule has 2 amide bonds. The van der Waals surface area contributed by atoms with Crippen LogP contribution in [0.3, 0.4) is 0 Å². The summed E-state index contributed by atoms with van der Waals surface area (Å²) in [5.41, 5.74) is 0.900. The van der Waals surface area contributed by atoms with Crippen LogP contribution in [-0.4, -0.2) is 59.0 Å². The van der Waals surface area contributed by atoms with Gasteiger partial charge in [0.15, 0.2) is 6.61 Å². The summed E-state index contributed by atoms with van der Waals surface area (Å²) in [5.74, 6) is -0.386. The summed E-state index contributed by atoms with van der Waals surface area (Å²) in [5, 5.41) is 11.2. The number of carbonyl (C=O) groups excluding carboxylic acids is 2. The monoisotopic (exact) mass is 426 g/mol. The van der Waals surface area contributed by atoms with E-state index in [1.165, 1.54) is 23.1 Å². The van der Waals surface area contributed by atoms with Gasteiger partial charge in [0.2, 0.25) is 5.91 Å². The van der Waals surface area contributed by atoms with Crippen molar-refractivity contribution in [1.82, 2.24) is 9.88 Å². The van der Waals surface area contributed by atoms with Crippen molar-refractivity contribution in [3.05, 3.63) is 58.4 Å². The van der Waals surface area contributed by atoms with Crippen molar-refractivity contribution in [3.63, 3.8) is 0 Å². The summed E-state index contributed by atoms with van der Waals surface area (Å²) in [6.45, 7) is 0.912. The molecule has 1 fully saturated rings. The van der Waals surface area contributed by atoms with Crippen LogP contribution in [0.2, 0.25) is 0 Å². The van der Waals surface area contributed by atoms with Crippen molar-refractivity contribution in [3.8, 4) is 5.75 Å². The quantitative estimate of drug-likeness (QED) is 0.491. The van der Waals surface area contributed by atoms with Crippen LogP contribution >= 0.6 is 0 Å². The van der Waals surface area contributed by atoms with Crippen LogP contribution in [-0.2, 0) is 20.9 Å². The fourth-order valence-corrected chi connectivity index (χ4v) is 3.71. The molecule has 162 valence electrons. The molecule has 0 radical (unpaired) electrons. The first-order valence-electron chi connectivity index (χ1n) is 10.0. The molecule has 1 saturated heterocycles. The van der Waals surface area contributed by atoms with E-state index in [1.54, 1.807) is 23.4 Å². The fourth-order valence-electron chi connectivity index (χ4n) is 3.71. The number of amides is 2. The van der Waals surface area contributed by atoms with Gasteiger partial charge in [0.05, 0.1) is 16.7 Å². The van der Waals surface area contributed by atoms with Crippen molar-refractivity contribution < 1.29 is 24.0 Å². The van der Waals surface area contributed by atoms with Crippen LogP contribution < -0.4 is 9.64 Å². The molecule has 0 saturated carbocycles. The molecule has 0 N–H and O–H groups in total. The Bertz CT molecular complexity index is 977. The zero-order valence-corrected chi connectivity index (χ0v) is 16.8. The predicted molar refractivity (Wildman–Crippen MR) is 110 cm³/mol. The summed E-state index contributed by atoms with van der Waals surface area (Å²) in [6, 6.07) is 7.68. The highest BCUT2D eigenvalue weighted by Gasteiger charge is 2.31. The summed E-state index contributed by atoms with van der Waals surface area (Å²) in [4.78, 5) is 43.4. The van der Waals surface area contributed by atoms with Crippen molar-refractivity contribution in [2.45, 2.75) is 25.5 Å². The van der Waals surface area contributed by atoms with Gasteiger partial charge in [-0.2, -0.15) is 0 Å². The highest BCUT2D eigenvalue weighted by molar-refractivity contribution is 6.02. The number of nitro groups is 1. The SMILES string of the molecule is O=C(CN1C(=O)COc2ccc([N+](=O)[O-])cc21)N(Cc1cccnc1)CC1CCCO1. The summed E-state index contributed by atoms with van der Waals surface area (Å²) in [7, 11) is 0. The Morgan fingerprint density at radius 1 is 1.35 bits per heavy atom. The number of nitro benzene ring substituents is 1. The molecule has 0 spiro atoms. The van der Waals surface area contributed by atoms with Gasteiger partial charge < -0.3 is 14.4 Å². The van der Waals surface area contributed by atoms with Gasteiger partial charge in [-0.3, -0.25) is 29.6 Å². The number of rotatable bonds is 7. The first-order valence-corrected chi connectivity index (χ1v) is 10.0. The molecule has 2 aliphatic rings. The number of non-ortho nitro benzene ring substituents is 1. The van der Waals surface area contributed by atoms with Gasteiger partial charge in [0, 0.05) is 44.2 Å². The lowest BCUT2D eigenvalue weighted by atomic mass is 10.2. The number of anilines is 1. The molecule has 3 heterocycles. The molecule has 1 aromatic carbocycles. The maximum Gasteiger partial charge on any atom is 0.271 e. The molecule has 2 aliphatic heterocycles. The third-order valence-electron chi connectivity index (χ3n) is 5.29. The Morgan fingerprint density at radius 3 is 2.94 bits per heavy atom. The average Bonchev–Trinajstić information content (AvgIpc) is 3.28. The summed E-state index contributed by atoms with van der Waals surface area (Å²) in [6.07, 6.45) is 5.09. The lowest BCUT2D eigenvalue weighted by Crippen LogP contribution is -2.47. The molecule has 1 atom stereocenters. The molecule has 2 aromatic rings. The summed E-state index contributed by atoms with van der Waals surface area (Å²) < 4.78 is 11.1. The van der Waals surface area contributed by atoms with Gasteiger partial charge in [0.1, 0.15) is 12.3 Å². The van der Waals surface area contributed by atoms with Crippen LogP contribution in [0, 0.1) is 10.1 Å². The lowest BCUT2D eigenvalue weighted by molar-refractivity contribution is -0.384. The van der Waals surface area contributed by atoms with E-state index in [0.717, 1.165) is 18.4 Å². The van der Waals surface area contributed by atoms with E-state index in [9.17, 15) is 19.7 Å². The maximum absolute atomic E-state index is 13.3. The molecule has 0 bridgehead atoms. The number of pyridine rings is 1. The standard InChI is InChI=1S/C21H22N4O6/c26-20(23(12-17-4-2-8-30-17)11-15-3-1-7-22-10-15)13-24-18-9-16(25(28)29)5-6-19(18)31-14-21(24)27/h1,3,5-7,9-10,17H,2,4,8,11-14H2. The average molecular weight is 426 g/mol. The first kappa shape index (κ1) is 20.7. The lowest BCUT2D eigenvalue weighted by Gasteiger charge is -2.32. The number of aromatic nitrogens is 1.